The lowest BCUT2D eigenvalue weighted by molar-refractivity contribution is -0.123. The third kappa shape index (κ3) is 6.43. The van der Waals surface area contributed by atoms with E-state index in [-0.39, 0.29) is 52.6 Å². The lowest BCUT2D eigenvalue weighted by Gasteiger charge is -2.36. The van der Waals surface area contributed by atoms with E-state index in [1.165, 1.54) is 19.2 Å². The van der Waals surface area contributed by atoms with Crippen molar-refractivity contribution in [3.8, 4) is 11.3 Å². The van der Waals surface area contributed by atoms with Gasteiger partial charge in [-0.3, -0.25) is 20.2 Å². The maximum absolute atomic E-state index is 15.0. The fraction of sp³-hybridized carbons (Fsp3) is 0.345. The first-order valence-electron chi connectivity index (χ1n) is 13.8. The molecule has 12 nitrogen and oxygen atoms in total. The molecule has 5 rings (SSSR count). The van der Waals surface area contributed by atoms with Crippen LogP contribution in [0, 0.1) is 5.82 Å². The number of benzene rings is 2. The number of imidazole rings is 1. The second-order valence-corrected chi connectivity index (χ2v) is 11.4. The summed E-state index contributed by atoms with van der Waals surface area (Å²) >= 11 is 12.6. The second-order valence-electron chi connectivity index (χ2n) is 10.6. The third-order valence-corrected chi connectivity index (χ3v) is 8.10. The number of anilines is 3. The molecule has 0 radical (unpaired) electrons. The van der Waals surface area contributed by atoms with Gasteiger partial charge in [0.1, 0.15) is 22.3 Å². The molecule has 4 amide bonds. The van der Waals surface area contributed by atoms with Gasteiger partial charge < -0.3 is 25.1 Å². The lowest BCUT2D eigenvalue weighted by Crippen LogP contribution is -2.41. The molecular formula is C29H29Cl2FN6O6. The highest BCUT2D eigenvalue weighted by atomic mass is 35.5. The molecule has 2 aliphatic rings. The number of fused-ring (bicyclic) bond motifs is 5. The Hall–Kier alpha value is -4.36. The molecule has 2 aliphatic heterocycles. The SMILES string of the molecule is COC(=O)Nc1ccc2c(c1)NC(=O)CCCCC(C(=O)NCC[C@@]1(C)OC(=O)Nc3ccc(Cl)c(F)c31)c1nc-2c(Cl)[nH]1. The Morgan fingerprint density at radius 1 is 1.16 bits per heavy atom. The molecule has 1 aromatic heterocycles. The third-order valence-electron chi connectivity index (χ3n) is 7.53. The number of rotatable bonds is 5. The molecule has 2 aromatic carbocycles. The summed E-state index contributed by atoms with van der Waals surface area (Å²) in [6.45, 7) is 1.59. The zero-order chi connectivity index (χ0) is 31.6. The van der Waals surface area contributed by atoms with E-state index in [2.05, 4.69) is 36.0 Å². The van der Waals surface area contributed by atoms with Gasteiger partial charge in [-0.25, -0.2) is 19.0 Å². The summed E-state index contributed by atoms with van der Waals surface area (Å²) in [7, 11) is 1.24. The van der Waals surface area contributed by atoms with Gasteiger partial charge in [0.05, 0.1) is 35.0 Å². The van der Waals surface area contributed by atoms with Crippen LogP contribution >= 0.6 is 23.2 Å². The van der Waals surface area contributed by atoms with E-state index >= 15 is 4.39 Å². The highest BCUT2D eigenvalue weighted by Gasteiger charge is 2.41. The molecular weight excluding hydrogens is 618 g/mol. The molecule has 0 fully saturated rings. The number of methoxy groups -OCH3 is 1. The summed E-state index contributed by atoms with van der Waals surface area (Å²) in [5.74, 6) is -1.79. The van der Waals surface area contributed by atoms with Crippen molar-refractivity contribution in [2.75, 3.05) is 29.6 Å². The van der Waals surface area contributed by atoms with E-state index in [9.17, 15) is 19.2 Å². The van der Waals surface area contributed by atoms with Crippen molar-refractivity contribution in [2.24, 2.45) is 0 Å². The summed E-state index contributed by atoms with van der Waals surface area (Å²) in [5, 5.41) is 10.8. The van der Waals surface area contributed by atoms with Crippen molar-refractivity contribution in [3.63, 3.8) is 0 Å². The molecule has 15 heteroatoms. The number of carbonyl (C=O) groups excluding carboxylic acids is 4. The largest absolute Gasteiger partial charge is 0.453 e. The van der Waals surface area contributed by atoms with E-state index in [0.717, 1.165) is 0 Å². The van der Waals surface area contributed by atoms with Crippen LogP contribution in [0.5, 0.6) is 0 Å². The standard InChI is InChI=1S/C29H29Cl2FN6O6/c1-29(21-18(36-28(42)44-29)10-9-17(30)22(21)32)11-12-33-26(40)16-5-3-4-6-20(39)35-19-13-14(34-27(41)43-2)7-8-15(19)23-24(31)38-25(16)37-23/h7-10,13,16H,3-6,11-12H2,1-2H3,(H,33,40)(H,34,41)(H,35,39)(H,36,42)(H,37,38)/t16?,29-/m1/s1. The number of cyclic esters (lactones) is 1. The van der Waals surface area contributed by atoms with Crippen LogP contribution in [0.2, 0.25) is 10.2 Å². The highest BCUT2D eigenvalue weighted by Crippen LogP contribution is 2.42. The number of halogens is 3. The van der Waals surface area contributed by atoms with Crippen LogP contribution in [0.25, 0.3) is 11.3 Å². The minimum atomic E-state index is -1.40. The molecule has 3 aromatic rings. The van der Waals surface area contributed by atoms with Gasteiger partial charge in [0.15, 0.2) is 5.82 Å². The van der Waals surface area contributed by atoms with E-state index in [1.54, 1.807) is 25.1 Å². The van der Waals surface area contributed by atoms with E-state index in [1.807, 2.05) is 0 Å². The average Bonchev–Trinajstić information content (AvgIpc) is 3.34. The maximum atomic E-state index is 15.0. The minimum absolute atomic E-state index is 0.0347. The van der Waals surface area contributed by atoms with Crippen LogP contribution in [-0.4, -0.2) is 47.6 Å². The van der Waals surface area contributed by atoms with Crippen LogP contribution in [0.15, 0.2) is 30.3 Å². The molecule has 0 spiro atoms. The van der Waals surface area contributed by atoms with E-state index in [4.69, 9.17) is 27.9 Å². The van der Waals surface area contributed by atoms with Crippen molar-refractivity contribution in [3.05, 3.63) is 57.7 Å². The fourth-order valence-electron chi connectivity index (χ4n) is 5.34. The van der Waals surface area contributed by atoms with Crippen LogP contribution < -0.4 is 21.3 Å². The van der Waals surface area contributed by atoms with Gasteiger partial charge in [-0.15, -0.1) is 0 Å². The van der Waals surface area contributed by atoms with Gasteiger partial charge in [-0.2, -0.15) is 0 Å². The molecule has 0 saturated carbocycles. The van der Waals surface area contributed by atoms with Crippen LogP contribution in [-0.2, 0) is 24.7 Å². The lowest BCUT2D eigenvalue weighted by atomic mass is 9.89. The summed E-state index contributed by atoms with van der Waals surface area (Å²) in [6, 6.07) is 7.64. The molecule has 1 unspecified atom stereocenters. The number of carbonyl (C=O) groups is 4. The topological polar surface area (TPSA) is 164 Å². The molecule has 2 atom stereocenters. The van der Waals surface area contributed by atoms with Gasteiger partial charge in [0, 0.05) is 30.6 Å². The van der Waals surface area contributed by atoms with Crippen LogP contribution in [0.4, 0.5) is 31.0 Å². The Kier molecular flexibility index (Phi) is 8.97. The fourth-order valence-corrected chi connectivity index (χ4v) is 5.74. The van der Waals surface area contributed by atoms with Gasteiger partial charge in [0.25, 0.3) is 0 Å². The summed E-state index contributed by atoms with van der Waals surface area (Å²) in [4.78, 5) is 57.8. The average molecular weight is 647 g/mol. The Labute approximate surface area is 261 Å². The highest BCUT2D eigenvalue weighted by molar-refractivity contribution is 6.32. The Morgan fingerprint density at radius 3 is 2.73 bits per heavy atom. The number of nitrogens with zero attached hydrogens (tertiary/aromatic N) is 1. The van der Waals surface area contributed by atoms with Gasteiger partial charge in [0.2, 0.25) is 11.8 Å². The summed E-state index contributed by atoms with van der Waals surface area (Å²) in [6.07, 6.45) is 0.202. The molecule has 2 bridgehead atoms. The smallest absolute Gasteiger partial charge is 0.412 e. The quantitative estimate of drug-likeness (QED) is 0.218. The molecule has 0 aliphatic carbocycles. The number of aromatic amines is 1. The number of amides is 4. The molecule has 3 heterocycles. The van der Waals surface area contributed by atoms with Gasteiger partial charge in [-0.1, -0.05) is 29.6 Å². The van der Waals surface area contributed by atoms with Crippen molar-refractivity contribution in [1.29, 1.82) is 0 Å². The van der Waals surface area contributed by atoms with Crippen molar-refractivity contribution < 1.29 is 33.0 Å². The minimum Gasteiger partial charge on any atom is -0.453 e. The van der Waals surface area contributed by atoms with Crippen molar-refractivity contribution in [2.45, 2.75) is 50.5 Å². The molecule has 232 valence electrons. The Bertz CT molecular complexity index is 1650. The summed E-state index contributed by atoms with van der Waals surface area (Å²) in [5.41, 5.74) is 0.458. The molecule has 0 saturated heterocycles. The van der Waals surface area contributed by atoms with Gasteiger partial charge in [-0.05, 0) is 50.1 Å². The Morgan fingerprint density at radius 2 is 1.95 bits per heavy atom. The van der Waals surface area contributed by atoms with Crippen molar-refractivity contribution >= 4 is 64.3 Å². The number of ether oxygens (including phenoxy) is 2. The number of aromatic nitrogens is 2. The molecule has 5 N–H and O–H groups in total. The first-order valence-corrected chi connectivity index (χ1v) is 14.6. The van der Waals surface area contributed by atoms with Crippen molar-refractivity contribution in [1.82, 2.24) is 15.3 Å². The first kappa shape index (κ1) is 31.1. The maximum Gasteiger partial charge on any atom is 0.412 e. The predicted octanol–water partition coefficient (Wildman–Crippen LogP) is 6.28. The number of H-pyrrole nitrogens is 1. The first-order chi connectivity index (χ1) is 21.0. The van der Waals surface area contributed by atoms with Gasteiger partial charge >= 0.3 is 12.2 Å². The Balaban J connectivity index is 1.38. The number of hydrogen-bond donors (Lipinski definition) is 5. The normalized spacial score (nSPS) is 19.5. The monoisotopic (exact) mass is 646 g/mol. The van der Waals surface area contributed by atoms with E-state index < -0.39 is 29.5 Å². The second kappa shape index (κ2) is 12.7. The zero-order valence-corrected chi connectivity index (χ0v) is 25.2. The number of hydrogen-bond acceptors (Lipinski definition) is 7. The van der Waals surface area contributed by atoms with Crippen LogP contribution in [0.1, 0.15) is 56.3 Å². The summed E-state index contributed by atoms with van der Waals surface area (Å²) < 4.78 is 25.1. The number of nitrogens with one attached hydrogen (secondary N) is 5. The van der Waals surface area contributed by atoms with Crippen LogP contribution in [0.3, 0.4) is 0 Å². The zero-order valence-electron chi connectivity index (χ0n) is 23.7. The molecule has 44 heavy (non-hydrogen) atoms. The van der Waals surface area contributed by atoms with E-state index in [0.29, 0.717) is 47.7 Å². The predicted molar refractivity (Wildman–Crippen MR) is 161 cm³/mol.